The van der Waals surface area contributed by atoms with Crippen LogP contribution in [0.1, 0.15) is 27.6 Å². The van der Waals surface area contributed by atoms with Gasteiger partial charge < -0.3 is 9.84 Å². The molecule has 2 rings (SSSR count). The van der Waals surface area contributed by atoms with Gasteiger partial charge in [-0.3, -0.25) is 4.79 Å². The van der Waals surface area contributed by atoms with Crippen LogP contribution < -0.4 is 4.74 Å². The van der Waals surface area contributed by atoms with Gasteiger partial charge in [-0.25, -0.2) is 4.39 Å². The molecule has 0 spiro atoms. The first kappa shape index (κ1) is 14.2. The molecular formula is C16H15FO3. The van der Waals surface area contributed by atoms with Gasteiger partial charge in [-0.15, -0.1) is 0 Å². The molecule has 0 bridgehead atoms. The number of carbonyl (C=O) groups excluding carboxylic acids is 1. The maximum absolute atomic E-state index is 12.8. The van der Waals surface area contributed by atoms with Gasteiger partial charge in [0.05, 0.1) is 7.11 Å². The quantitative estimate of drug-likeness (QED) is 0.872. The molecular weight excluding hydrogens is 259 g/mol. The van der Waals surface area contributed by atoms with Gasteiger partial charge in [-0.1, -0.05) is 24.3 Å². The van der Waals surface area contributed by atoms with E-state index < -0.39 is 17.7 Å². The Balaban J connectivity index is 2.28. The Hall–Kier alpha value is -2.20. The van der Waals surface area contributed by atoms with Gasteiger partial charge >= 0.3 is 0 Å². The molecule has 0 aliphatic carbocycles. The Labute approximate surface area is 116 Å². The smallest absolute Gasteiger partial charge is 0.195 e. The van der Waals surface area contributed by atoms with Gasteiger partial charge in [0.2, 0.25) is 0 Å². The van der Waals surface area contributed by atoms with Crippen LogP contribution >= 0.6 is 0 Å². The van der Waals surface area contributed by atoms with E-state index >= 15 is 0 Å². The van der Waals surface area contributed by atoms with Crippen LogP contribution in [-0.4, -0.2) is 18.0 Å². The van der Waals surface area contributed by atoms with E-state index in [-0.39, 0.29) is 0 Å². The minimum Gasteiger partial charge on any atom is -0.496 e. The van der Waals surface area contributed by atoms with Crippen LogP contribution in [-0.2, 0) is 0 Å². The highest BCUT2D eigenvalue weighted by molar-refractivity contribution is 6.00. The molecule has 0 amide bonds. The monoisotopic (exact) mass is 274 g/mol. The maximum Gasteiger partial charge on any atom is 0.195 e. The normalized spacial score (nSPS) is 12.0. The molecule has 104 valence electrons. The summed E-state index contributed by atoms with van der Waals surface area (Å²) in [6, 6.07) is 10.2. The average molecular weight is 274 g/mol. The SMILES string of the molecule is COc1cc(C(=O)C(O)c2ccc(F)cc2)ccc1C. The lowest BCUT2D eigenvalue weighted by Gasteiger charge is -2.12. The second kappa shape index (κ2) is 5.84. The zero-order valence-electron chi connectivity index (χ0n) is 11.3. The number of rotatable bonds is 4. The van der Waals surface area contributed by atoms with Crippen molar-refractivity contribution in [3.63, 3.8) is 0 Å². The van der Waals surface area contributed by atoms with Crippen LogP contribution in [0.15, 0.2) is 42.5 Å². The molecule has 0 heterocycles. The van der Waals surface area contributed by atoms with E-state index in [0.717, 1.165) is 5.56 Å². The third-order valence-corrected chi connectivity index (χ3v) is 3.13. The average Bonchev–Trinajstić information content (AvgIpc) is 2.47. The summed E-state index contributed by atoms with van der Waals surface area (Å²) in [4.78, 5) is 12.2. The van der Waals surface area contributed by atoms with Crippen LogP contribution in [0.5, 0.6) is 5.75 Å². The number of benzene rings is 2. The van der Waals surface area contributed by atoms with Crippen molar-refractivity contribution in [3.05, 3.63) is 65.0 Å². The van der Waals surface area contributed by atoms with Crippen molar-refractivity contribution < 1.29 is 19.0 Å². The number of aliphatic hydroxyl groups excluding tert-OH is 1. The minimum absolute atomic E-state index is 0.351. The van der Waals surface area contributed by atoms with E-state index in [9.17, 15) is 14.3 Å². The fraction of sp³-hybridized carbons (Fsp3) is 0.188. The summed E-state index contributed by atoms with van der Waals surface area (Å²) >= 11 is 0. The molecule has 0 saturated carbocycles. The predicted octanol–water partition coefficient (Wildman–Crippen LogP) is 3.06. The van der Waals surface area contributed by atoms with E-state index in [1.165, 1.54) is 31.4 Å². The summed E-state index contributed by atoms with van der Waals surface area (Å²) in [7, 11) is 1.52. The fourth-order valence-electron chi connectivity index (χ4n) is 1.93. The fourth-order valence-corrected chi connectivity index (χ4v) is 1.93. The third kappa shape index (κ3) is 2.86. The highest BCUT2D eigenvalue weighted by Gasteiger charge is 2.20. The van der Waals surface area contributed by atoms with Crippen LogP contribution in [0.4, 0.5) is 4.39 Å². The van der Waals surface area contributed by atoms with Crippen molar-refractivity contribution in [3.8, 4) is 5.75 Å². The summed E-state index contributed by atoms with van der Waals surface area (Å²) in [6.45, 7) is 1.86. The Bertz CT molecular complexity index is 620. The van der Waals surface area contributed by atoms with Gasteiger partial charge in [0.15, 0.2) is 5.78 Å². The first-order chi connectivity index (χ1) is 9.52. The van der Waals surface area contributed by atoms with Crippen molar-refractivity contribution in [2.45, 2.75) is 13.0 Å². The lowest BCUT2D eigenvalue weighted by atomic mass is 9.99. The van der Waals surface area contributed by atoms with Gasteiger partial charge in [0.25, 0.3) is 0 Å². The summed E-state index contributed by atoms with van der Waals surface area (Å²) < 4.78 is 18.0. The molecule has 4 heteroatoms. The van der Waals surface area contributed by atoms with Crippen molar-refractivity contribution in [2.24, 2.45) is 0 Å². The van der Waals surface area contributed by atoms with Crippen LogP contribution in [0.3, 0.4) is 0 Å². The molecule has 2 aromatic rings. The van der Waals surface area contributed by atoms with Crippen molar-refractivity contribution >= 4 is 5.78 Å². The molecule has 0 fully saturated rings. The number of aryl methyl sites for hydroxylation is 1. The summed E-state index contributed by atoms with van der Waals surface area (Å²) in [5.41, 5.74) is 1.61. The predicted molar refractivity (Wildman–Crippen MR) is 73.4 cm³/mol. The number of ketones is 1. The van der Waals surface area contributed by atoms with Crippen LogP contribution in [0.25, 0.3) is 0 Å². The van der Waals surface area contributed by atoms with Crippen LogP contribution in [0, 0.1) is 12.7 Å². The van der Waals surface area contributed by atoms with Crippen LogP contribution in [0.2, 0.25) is 0 Å². The molecule has 0 aliphatic rings. The first-order valence-electron chi connectivity index (χ1n) is 6.15. The largest absolute Gasteiger partial charge is 0.496 e. The molecule has 20 heavy (non-hydrogen) atoms. The van der Waals surface area contributed by atoms with Crippen molar-refractivity contribution in [2.75, 3.05) is 7.11 Å². The molecule has 0 radical (unpaired) electrons. The number of carbonyl (C=O) groups is 1. The number of hydrogen-bond acceptors (Lipinski definition) is 3. The zero-order chi connectivity index (χ0) is 14.7. The van der Waals surface area contributed by atoms with E-state index in [4.69, 9.17) is 4.74 Å². The zero-order valence-corrected chi connectivity index (χ0v) is 11.3. The number of methoxy groups -OCH3 is 1. The number of hydrogen-bond donors (Lipinski definition) is 1. The lowest BCUT2D eigenvalue weighted by Crippen LogP contribution is -2.12. The summed E-state index contributed by atoms with van der Waals surface area (Å²) in [5, 5.41) is 10.1. The second-order valence-electron chi connectivity index (χ2n) is 4.50. The number of halogens is 1. The molecule has 3 nitrogen and oxygen atoms in total. The highest BCUT2D eigenvalue weighted by Crippen LogP contribution is 2.24. The molecule has 0 aromatic heterocycles. The number of Topliss-reactive ketones (excluding diaryl/α,β-unsaturated/α-hetero) is 1. The highest BCUT2D eigenvalue weighted by atomic mass is 19.1. The Morgan fingerprint density at radius 1 is 1.20 bits per heavy atom. The molecule has 1 N–H and O–H groups in total. The van der Waals surface area contributed by atoms with Gasteiger partial charge in [0, 0.05) is 5.56 Å². The molecule has 1 unspecified atom stereocenters. The lowest BCUT2D eigenvalue weighted by molar-refractivity contribution is 0.0747. The Morgan fingerprint density at radius 2 is 1.85 bits per heavy atom. The molecule has 2 aromatic carbocycles. The van der Waals surface area contributed by atoms with Gasteiger partial charge in [-0.2, -0.15) is 0 Å². The number of aliphatic hydroxyl groups is 1. The maximum atomic E-state index is 12.8. The number of ether oxygens (including phenoxy) is 1. The Kier molecular flexibility index (Phi) is 4.15. The van der Waals surface area contributed by atoms with E-state index in [0.29, 0.717) is 16.9 Å². The molecule has 0 saturated heterocycles. The van der Waals surface area contributed by atoms with E-state index in [2.05, 4.69) is 0 Å². The first-order valence-corrected chi connectivity index (χ1v) is 6.15. The molecule has 1 atom stereocenters. The van der Waals surface area contributed by atoms with Crippen molar-refractivity contribution in [1.82, 2.24) is 0 Å². The Morgan fingerprint density at radius 3 is 2.45 bits per heavy atom. The standard InChI is InChI=1S/C16H15FO3/c1-10-3-4-12(9-14(10)20-2)16(19)15(18)11-5-7-13(17)8-6-11/h3-9,15,18H,1-2H3. The van der Waals surface area contributed by atoms with Gasteiger partial charge in [-0.05, 0) is 36.2 Å². The summed E-state index contributed by atoms with van der Waals surface area (Å²) in [5.74, 6) is -0.275. The third-order valence-electron chi connectivity index (χ3n) is 3.13. The topological polar surface area (TPSA) is 46.5 Å². The molecule has 0 aliphatic heterocycles. The van der Waals surface area contributed by atoms with E-state index in [1.54, 1.807) is 18.2 Å². The van der Waals surface area contributed by atoms with Crippen molar-refractivity contribution in [1.29, 1.82) is 0 Å². The summed E-state index contributed by atoms with van der Waals surface area (Å²) in [6.07, 6.45) is -1.32. The van der Waals surface area contributed by atoms with E-state index in [1.807, 2.05) is 6.92 Å². The second-order valence-corrected chi connectivity index (χ2v) is 4.50. The minimum atomic E-state index is -1.32. The van der Waals surface area contributed by atoms with Gasteiger partial charge in [0.1, 0.15) is 17.7 Å².